The third-order valence-corrected chi connectivity index (χ3v) is 4.22. The predicted octanol–water partition coefficient (Wildman–Crippen LogP) is 5.40. The molecule has 0 aliphatic heterocycles. The van der Waals surface area contributed by atoms with Gasteiger partial charge in [-0.1, -0.05) is 49.2 Å². The molecule has 1 radical (unpaired) electrons. The molecule has 0 aromatic heterocycles. The predicted molar refractivity (Wildman–Crippen MR) is 82.4 cm³/mol. The molecule has 101 valence electrons. The first-order valence-corrected chi connectivity index (χ1v) is 7.06. The maximum Gasteiger partial charge on any atom is 0.118 e. The van der Waals surface area contributed by atoms with Gasteiger partial charge in [-0.05, 0) is 47.6 Å². The number of ether oxygens (including phenoxy) is 1. The van der Waals surface area contributed by atoms with Crippen LogP contribution in [0.4, 0.5) is 0 Å². The van der Waals surface area contributed by atoms with Crippen molar-refractivity contribution in [3.8, 4) is 5.75 Å². The second-order valence-corrected chi connectivity index (χ2v) is 5.61. The van der Waals surface area contributed by atoms with Crippen LogP contribution < -0.4 is 4.74 Å². The zero-order chi connectivity index (χ0) is 14.0. The lowest BCUT2D eigenvalue weighted by Gasteiger charge is -2.22. The van der Waals surface area contributed by atoms with Gasteiger partial charge in [0.25, 0.3) is 0 Å². The Morgan fingerprint density at radius 1 is 1.05 bits per heavy atom. The summed E-state index contributed by atoms with van der Waals surface area (Å²) in [6.07, 6.45) is 2.98. The summed E-state index contributed by atoms with van der Waals surface area (Å²) in [6, 6.07) is 7.88. The smallest absolute Gasteiger partial charge is 0.118 e. The van der Waals surface area contributed by atoms with Crippen molar-refractivity contribution in [3.63, 3.8) is 0 Å². The van der Waals surface area contributed by atoms with Crippen molar-refractivity contribution < 1.29 is 4.74 Å². The van der Waals surface area contributed by atoms with E-state index in [1.807, 2.05) is 24.3 Å². The molecule has 19 heavy (non-hydrogen) atoms. The molecule has 1 aromatic carbocycles. The Hall–Kier alpha value is -0.920. The fraction of sp³-hybridized carbons (Fsp3) is 0.312. The van der Waals surface area contributed by atoms with Gasteiger partial charge >= 0.3 is 0 Å². The molecule has 0 unspecified atom stereocenters. The van der Waals surface area contributed by atoms with E-state index in [0.717, 1.165) is 28.9 Å². The molecule has 0 saturated heterocycles. The highest BCUT2D eigenvalue weighted by atomic mass is 35.5. The maximum absolute atomic E-state index is 6.42. The van der Waals surface area contributed by atoms with Crippen molar-refractivity contribution >= 4 is 28.8 Å². The average Bonchev–Trinajstić information content (AvgIpc) is 2.41. The van der Waals surface area contributed by atoms with E-state index in [1.165, 1.54) is 0 Å². The second kappa shape index (κ2) is 6.02. The lowest BCUT2D eigenvalue weighted by Crippen LogP contribution is -2.05. The molecule has 0 amide bonds. The monoisotopic (exact) mass is 295 g/mol. The van der Waals surface area contributed by atoms with Crippen LogP contribution in [0.3, 0.4) is 0 Å². The van der Waals surface area contributed by atoms with Crippen molar-refractivity contribution in [3.05, 3.63) is 51.9 Å². The second-order valence-electron chi connectivity index (χ2n) is 4.85. The van der Waals surface area contributed by atoms with Crippen LogP contribution >= 0.6 is 23.2 Å². The molecule has 0 fully saturated rings. The van der Waals surface area contributed by atoms with Gasteiger partial charge in [0.2, 0.25) is 0 Å². The van der Waals surface area contributed by atoms with Gasteiger partial charge in [-0.25, -0.2) is 0 Å². The molecule has 1 aromatic rings. The first kappa shape index (κ1) is 14.5. The Balaban J connectivity index is 2.39. The third kappa shape index (κ3) is 2.98. The summed E-state index contributed by atoms with van der Waals surface area (Å²) >= 11 is 12.8. The van der Waals surface area contributed by atoms with Gasteiger partial charge in [0.15, 0.2) is 0 Å². The molecule has 0 atom stereocenters. The Kier molecular flexibility index (Phi) is 4.59. The van der Waals surface area contributed by atoms with Gasteiger partial charge in [0.1, 0.15) is 5.75 Å². The van der Waals surface area contributed by atoms with Crippen molar-refractivity contribution in [2.45, 2.75) is 20.3 Å². The molecule has 1 aliphatic carbocycles. The highest BCUT2D eigenvalue weighted by Crippen LogP contribution is 2.41. The molecular formula is C16H17Cl2O. The Labute approximate surface area is 124 Å². The summed E-state index contributed by atoms with van der Waals surface area (Å²) in [7, 11) is 1.66. The summed E-state index contributed by atoms with van der Waals surface area (Å²) in [5, 5.41) is 1.34. The van der Waals surface area contributed by atoms with Crippen LogP contribution in [0.2, 0.25) is 0 Å². The first-order chi connectivity index (χ1) is 9.04. The van der Waals surface area contributed by atoms with Crippen LogP contribution in [0.5, 0.6) is 5.75 Å². The largest absolute Gasteiger partial charge is 0.497 e. The highest BCUT2D eigenvalue weighted by molar-refractivity contribution is 6.46. The normalized spacial score (nSPS) is 16.3. The summed E-state index contributed by atoms with van der Waals surface area (Å²) in [4.78, 5) is 0. The number of hydrogen-bond donors (Lipinski definition) is 0. The van der Waals surface area contributed by atoms with E-state index in [0.29, 0.717) is 16.0 Å². The quantitative estimate of drug-likeness (QED) is 0.725. The molecule has 0 N–H and O–H groups in total. The lowest BCUT2D eigenvalue weighted by atomic mass is 9.88. The minimum atomic E-state index is 0.388. The Morgan fingerprint density at radius 3 is 2.21 bits per heavy atom. The van der Waals surface area contributed by atoms with E-state index < -0.39 is 0 Å². The number of halogens is 2. The SMILES string of the molecule is COc1ccc(C2=C(Cl)C(Cl)=C(C(C)C)[CH]C2)cc1. The molecule has 1 nitrogen and oxygen atoms in total. The van der Waals surface area contributed by atoms with Crippen molar-refractivity contribution in [2.24, 2.45) is 5.92 Å². The molecule has 0 heterocycles. The fourth-order valence-electron chi connectivity index (χ4n) is 2.18. The van der Waals surface area contributed by atoms with E-state index in [1.54, 1.807) is 7.11 Å². The average molecular weight is 296 g/mol. The standard InChI is InChI=1S/C16H17Cl2O/c1-10(2)13-8-9-14(16(18)15(13)17)11-4-6-12(19-3)7-5-11/h4-8,10H,9H2,1-3H3. The number of rotatable bonds is 3. The van der Waals surface area contributed by atoms with Crippen molar-refractivity contribution in [2.75, 3.05) is 7.11 Å². The third-order valence-electron chi connectivity index (χ3n) is 3.30. The van der Waals surface area contributed by atoms with E-state index in [-0.39, 0.29) is 0 Å². The Bertz CT molecular complexity index is 524. The Morgan fingerprint density at radius 2 is 1.68 bits per heavy atom. The van der Waals surface area contributed by atoms with E-state index >= 15 is 0 Å². The van der Waals surface area contributed by atoms with E-state index in [2.05, 4.69) is 20.3 Å². The minimum absolute atomic E-state index is 0.388. The number of benzene rings is 1. The van der Waals surface area contributed by atoms with Crippen LogP contribution in [0, 0.1) is 12.3 Å². The summed E-state index contributed by atoms with van der Waals surface area (Å²) in [5.41, 5.74) is 3.28. The maximum atomic E-state index is 6.42. The summed E-state index contributed by atoms with van der Waals surface area (Å²) < 4.78 is 5.16. The van der Waals surface area contributed by atoms with Gasteiger partial charge < -0.3 is 4.74 Å². The number of methoxy groups -OCH3 is 1. The van der Waals surface area contributed by atoms with Crippen molar-refractivity contribution in [1.29, 1.82) is 0 Å². The van der Waals surface area contributed by atoms with Gasteiger partial charge in [-0.3, -0.25) is 0 Å². The molecule has 3 heteroatoms. The summed E-state index contributed by atoms with van der Waals surface area (Å²) in [6.45, 7) is 4.24. The van der Waals surface area contributed by atoms with Crippen LogP contribution in [-0.2, 0) is 0 Å². The van der Waals surface area contributed by atoms with Crippen LogP contribution in [0.25, 0.3) is 5.57 Å². The molecule has 0 spiro atoms. The van der Waals surface area contributed by atoms with Gasteiger partial charge in [0, 0.05) is 0 Å². The van der Waals surface area contributed by atoms with Crippen LogP contribution in [0.15, 0.2) is 39.9 Å². The topological polar surface area (TPSA) is 9.23 Å². The molecule has 0 bridgehead atoms. The van der Waals surface area contributed by atoms with Gasteiger partial charge in [-0.15, -0.1) is 0 Å². The van der Waals surface area contributed by atoms with Crippen LogP contribution in [0.1, 0.15) is 25.8 Å². The highest BCUT2D eigenvalue weighted by Gasteiger charge is 2.22. The van der Waals surface area contributed by atoms with Crippen molar-refractivity contribution in [1.82, 2.24) is 0 Å². The zero-order valence-corrected chi connectivity index (χ0v) is 12.8. The van der Waals surface area contributed by atoms with Gasteiger partial charge in [-0.2, -0.15) is 0 Å². The van der Waals surface area contributed by atoms with E-state index in [9.17, 15) is 0 Å². The molecular weight excluding hydrogens is 279 g/mol. The zero-order valence-electron chi connectivity index (χ0n) is 11.3. The summed E-state index contributed by atoms with van der Waals surface area (Å²) in [5.74, 6) is 1.23. The fourth-order valence-corrected chi connectivity index (χ4v) is 2.88. The number of allylic oxidation sites excluding steroid dienone is 4. The van der Waals surface area contributed by atoms with Gasteiger partial charge in [0.05, 0.1) is 17.2 Å². The molecule has 2 rings (SSSR count). The molecule has 1 aliphatic rings. The minimum Gasteiger partial charge on any atom is -0.497 e. The molecule has 0 saturated carbocycles. The number of hydrogen-bond acceptors (Lipinski definition) is 1. The lowest BCUT2D eigenvalue weighted by molar-refractivity contribution is 0.415. The van der Waals surface area contributed by atoms with E-state index in [4.69, 9.17) is 27.9 Å². The van der Waals surface area contributed by atoms with Crippen LogP contribution in [-0.4, -0.2) is 7.11 Å². The first-order valence-electron chi connectivity index (χ1n) is 6.31.